The van der Waals surface area contributed by atoms with E-state index in [0.717, 1.165) is 17.5 Å². The summed E-state index contributed by atoms with van der Waals surface area (Å²) >= 11 is 0. The van der Waals surface area contributed by atoms with E-state index in [1.807, 2.05) is 37.3 Å². The predicted molar refractivity (Wildman–Crippen MR) is 85.8 cm³/mol. The minimum absolute atomic E-state index is 0.433. The van der Waals surface area contributed by atoms with E-state index in [1.165, 1.54) is 4.31 Å². The number of nitrogens with zero attached hydrogens (tertiary/aromatic N) is 1. The smallest absolute Gasteiger partial charge is 0.237 e. The van der Waals surface area contributed by atoms with Gasteiger partial charge in [-0.25, -0.2) is 8.42 Å². The lowest BCUT2D eigenvalue weighted by Gasteiger charge is -2.26. The number of furan rings is 1. The fraction of sp³-hybridized carbons (Fsp3) is 0.375. The number of anilines is 1. The maximum Gasteiger partial charge on any atom is 0.237 e. The van der Waals surface area contributed by atoms with Gasteiger partial charge in [0.15, 0.2) is 0 Å². The van der Waals surface area contributed by atoms with Gasteiger partial charge in [-0.15, -0.1) is 0 Å². The van der Waals surface area contributed by atoms with Gasteiger partial charge >= 0.3 is 0 Å². The number of rotatable bonds is 6. The first-order valence-electron chi connectivity index (χ1n) is 7.11. The second kappa shape index (κ2) is 6.35. The molecule has 114 valence electrons. The Morgan fingerprint density at radius 2 is 1.76 bits per heavy atom. The van der Waals surface area contributed by atoms with E-state index in [9.17, 15) is 8.42 Å². The van der Waals surface area contributed by atoms with Gasteiger partial charge in [0.25, 0.3) is 0 Å². The summed E-state index contributed by atoms with van der Waals surface area (Å²) in [7, 11) is -3.31. The van der Waals surface area contributed by atoms with Crippen LogP contribution in [-0.2, 0) is 10.0 Å². The highest BCUT2D eigenvalue weighted by molar-refractivity contribution is 7.93. The Hall–Kier alpha value is -1.75. The fourth-order valence-corrected chi connectivity index (χ4v) is 3.47. The number of sulfonamides is 1. The number of benzene rings is 1. The first kappa shape index (κ1) is 15.6. The van der Waals surface area contributed by atoms with Crippen LogP contribution in [0.3, 0.4) is 0 Å². The molecule has 0 aliphatic carbocycles. The van der Waals surface area contributed by atoms with Crippen LogP contribution in [0, 0.1) is 0 Å². The van der Waals surface area contributed by atoms with E-state index in [4.69, 9.17) is 4.42 Å². The molecular formula is C16H21NO3S. The van der Waals surface area contributed by atoms with Gasteiger partial charge < -0.3 is 4.42 Å². The molecule has 0 unspecified atom stereocenters. The highest BCUT2D eigenvalue weighted by Crippen LogP contribution is 2.26. The van der Waals surface area contributed by atoms with Gasteiger partial charge in [0, 0.05) is 12.1 Å². The second-order valence-corrected chi connectivity index (χ2v) is 7.64. The minimum Gasteiger partial charge on any atom is -0.472 e. The molecule has 1 heterocycles. The van der Waals surface area contributed by atoms with Gasteiger partial charge in [-0.3, -0.25) is 4.31 Å². The molecule has 0 amide bonds. The van der Waals surface area contributed by atoms with Crippen LogP contribution >= 0.6 is 0 Å². The first-order chi connectivity index (χ1) is 9.96. The Morgan fingerprint density at radius 1 is 1.10 bits per heavy atom. The minimum atomic E-state index is -3.31. The topological polar surface area (TPSA) is 50.5 Å². The maximum atomic E-state index is 12.4. The third-order valence-electron chi connectivity index (χ3n) is 3.34. The van der Waals surface area contributed by atoms with E-state index in [0.29, 0.717) is 12.2 Å². The van der Waals surface area contributed by atoms with Gasteiger partial charge in [0.05, 0.1) is 23.5 Å². The van der Waals surface area contributed by atoms with Gasteiger partial charge in [-0.05, 0) is 44.0 Å². The van der Waals surface area contributed by atoms with E-state index in [-0.39, 0.29) is 0 Å². The second-order valence-electron chi connectivity index (χ2n) is 5.22. The normalized spacial score (nSPS) is 11.8. The molecule has 2 rings (SSSR count). The molecular weight excluding hydrogens is 286 g/mol. The van der Waals surface area contributed by atoms with E-state index < -0.39 is 15.3 Å². The molecule has 0 spiro atoms. The zero-order valence-corrected chi connectivity index (χ0v) is 13.4. The summed E-state index contributed by atoms with van der Waals surface area (Å²) in [6, 6.07) is 9.40. The van der Waals surface area contributed by atoms with E-state index in [1.54, 1.807) is 26.4 Å². The SMILES string of the molecule is CCCN(c1ccc(-c2ccoc2)cc1)S(=O)(=O)C(C)C. The van der Waals surface area contributed by atoms with Crippen molar-refractivity contribution >= 4 is 15.7 Å². The van der Waals surface area contributed by atoms with Crippen LogP contribution in [0.15, 0.2) is 47.3 Å². The predicted octanol–water partition coefficient (Wildman–Crippen LogP) is 3.90. The summed E-state index contributed by atoms with van der Waals surface area (Å²) in [4.78, 5) is 0. The van der Waals surface area contributed by atoms with Gasteiger partial charge in [0.1, 0.15) is 0 Å². The molecule has 4 nitrogen and oxygen atoms in total. The van der Waals surface area contributed by atoms with Crippen LogP contribution in [0.1, 0.15) is 27.2 Å². The number of hydrogen-bond donors (Lipinski definition) is 0. The summed E-state index contributed by atoms with van der Waals surface area (Å²) in [6.45, 7) is 5.88. The van der Waals surface area contributed by atoms with E-state index in [2.05, 4.69) is 0 Å². The summed E-state index contributed by atoms with van der Waals surface area (Å²) in [5, 5.41) is -0.433. The molecule has 0 bridgehead atoms. The van der Waals surface area contributed by atoms with Crippen molar-refractivity contribution in [2.45, 2.75) is 32.4 Å². The van der Waals surface area contributed by atoms with Crippen molar-refractivity contribution in [3.05, 3.63) is 42.9 Å². The Balaban J connectivity index is 2.34. The summed E-state index contributed by atoms with van der Waals surface area (Å²) in [6.07, 6.45) is 4.06. The summed E-state index contributed by atoms with van der Waals surface area (Å²) < 4.78 is 31.5. The lowest BCUT2D eigenvalue weighted by molar-refractivity contribution is 0.568. The highest BCUT2D eigenvalue weighted by Gasteiger charge is 2.25. The van der Waals surface area contributed by atoms with Crippen LogP contribution in [0.5, 0.6) is 0 Å². The standard InChI is InChI=1S/C16H21NO3S/c1-4-10-17(21(18,19)13(2)3)16-7-5-14(6-8-16)15-9-11-20-12-15/h5-9,11-13H,4,10H2,1-3H3. The van der Waals surface area contributed by atoms with Gasteiger partial charge in [-0.1, -0.05) is 19.1 Å². The molecule has 5 heteroatoms. The van der Waals surface area contributed by atoms with Crippen LogP contribution in [-0.4, -0.2) is 20.2 Å². The molecule has 0 saturated carbocycles. The Morgan fingerprint density at radius 3 is 2.24 bits per heavy atom. The summed E-state index contributed by atoms with van der Waals surface area (Å²) in [5.41, 5.74) is 2.69. The Bertz CT molecular complexity index is 658. The third-order valence-corrected chi connectivity index (χ3v) is 5.54. The molecule has 0 N–H and O–H groups in total. The lowest BCUT2D eigenvalue weighted by atomic mass is 10.1. The highest BCUT2D eigenvalue weighted by atomic mass is 32.2. The molecule has 21 heavy (non-hydrogen) atoms. The zero-order chi connectivity index (χ0) is 15.5. The quantitative estimate of drug-likeness (QED) is 0.813. The molecule has 0 aliphatic rings. The molecule has 0 saturated heterocycles. The fourth-order valence-electron chi connectivity index (χ4n) is 2.11. The van der Waals surface area contributed by atoms with Crippen LogP contribution in [0.25, 0.3) is 11.1 Å². The lowest BCUT2D eigenvalue weighted by Crippen LogP contribution is -2.37. The largest absolute Gasteiger partial charge is 0.472 e. The molecule has 1 aromatic heterocycles. The number of hydrogen-bond acceptors (Lipinski definition) is 3. The van der Waals surface area contributed by atoms with Crippen molar-refractivity contribution in [3.8, 4) is 11.1 Å². The molecule has 2 aromatic rings. The van der Waals surface area contributed by atoms with Gasteiger partial charge in [0.2, 0.25) is 10.0 Å². The first-order valence-corrected chi connectivity index (χ1v) is 8.61. The van der Waals surface area contributed by atoms with Gasteiger partial charge in [-0.2, -0.15) is 0 Å². The van der Waals surface area contributed by atoms with Crippen LogP contribution < -0.4 is 4.31 Å². The van der Waals surface area contributed by atoms with Crippen LogP contribution in [0.4, 0.5) is 5.69 Å². The molecule has 1 aromatic carbocycles. The van der Waals surface area contributed by atoms with Crippen molar-refractivity contribution in [1.82, 2.24) is 0 Å². The summed E-state index contributed by atoms with van der Waals surface area (Å²) in [5.74, 6) is 0. The third kappa shape index (κ3) is 3.29. The molecule has 0 atom stereocenters. The van der Waals surface area contributed by atoms with Crippen molar-refractivity contribution in [2.75, 3.05) is 10.8 Å². The van der Waals surface area contributed by atoms with E-state index >= 15 is 0 Å². The zero-order valence-electron chi connectivity index (χ0n) is 12.6. The monoisotopic (exact) mass is 307 g/mol. The Labute approximate surface area is 126 Å². The Kier molecular flexibility index (Phi) is 4.73. The molecule has 0 radical (unpaired) electrons. The molecule has 0 aliphatic heterocycles. The van der Waals surface area contributed by atoms with Crippen molar-refractivity contribution in [1.29, 1.82) is 0 Å². The maximum absolute atomic E-state index is 12.4. The molecule has 0 fully saturated rings. The average Bonchev–Trinajstić information content (AvgIpc) is 2.99. The van der Waals surface area contributed by atoms with Crippen molar-refractivity contribution < 1.29 is 12.8 Å². The van der Waals surface area contributed by atoms with Crippen molar-refractivity contribution in [2.24, 2.45) is 0 Å². The average molecular weight is 307 g/mol. The van der Waals surface area contributed by atoms with Crippen molar-refractivity contribution in [3.63, 3.8) is 0 Å². The van der Waals surface area contributed by atoms with Crippen LogP contribution in [0.2, 0.25) is 0 Å².